The Labute approximate surface area is 92.9 Å². The minimum atomic E-state index is -0.292. The lowest BCUT2D eigenvalue weighted by atomic mass is 10.3. The first-order valence-corrected chi connectivity index (χ1v) is 5.98. The molecule has 0 aliphatic carbocycles. The fraction of sp³-hybridized carbons (Fsp3) is 0.125. The molecule has 0 spiro atoms. The van der Waals surface area contributed by atoms with E-state index in [0.29, 0.717) is 15.8 Å². The van der Waals surface area contributed by atoms with E-state index in [2.05, 4.69) is 9.97 Å². The third kappa shape index (κ3) is 1.48. The number of thiophene rings is 1. The van der Waals surface area contributed by atoms with Gasteiger partial charge in [-0.25, -0.2) is 4.98 Å². The van der Waals surface area contributed by atoms with Crippen LogP contribution >= 0.6 is 23.1 Å². The van der Waals surface area contributed by atoms with E-state index in [0.717, 1.165) is 4.21 Å². The zero-order valence-electron chi connectivity index (χ0n) is 7.70. The van der Waals surface area contributed by atoms with Crippen molar-refractivity contribution in [2.75, 3.05) is 12.0 Å². The third-order valence-electron chi connectivity index (χ3n) is 1.83. The summed E-state index contributed by atoms with van der Waals surface area (Å²) in [6.07, 6.45) is 1.85. The van der Waals surface area contributed by atoms with Crippen molar-refractivity contribution in [2.45, 2.75) is 4.21 Å². The SMILES string of the molecule is CSc1sc2c(=O)[nH]c(N)nc2c1C#N. The van der Waals surface area contributed by atoms with Crippen LogP contribution in [0.25, 0.3) is 10.2 Å². The van der Waals surface area contributed by atoms with Gasteiger partial charge in [-0.1, -0.05) is 0 Å². The van der Waals surface area contributed by atoms with Gasteiger partial charge in [0.1, 0.15) is 21.8 Å². The maximum Gasteiger partial charge on any atom is 0.270 e. The van der Waals surface area contributed by atoms with Crippen LogP contribution in [0.3, 0.4) is 0 Å². The molecule has 0 saturated heterocycles. The molecule has 5 nitrogen and oxygen atoms in total. The fourth-order valence-corrected chi connectivity index (χ4v) is 2.97. The summed E-state index contributed by atoms with van der Waals surface area (Å²) in [5.41, 5.74) is 5.96. The lowest BCUT2D eigenvalue weighted by Gasteiger charge is -1.92. The fourth-order valence-electron chi connectivity index (χ4n) is 1.23. The van der Waals surface area contributed by atoms with Crippen LogP contribution in [0.15, 0.2) is 9.00 Å². The lowest BCUT2D eigenvalue weighted by molar-refractivity contribution is 1.19. The van der Waals surface area contributed by atoms with E-state index in [1.165, 1.54) is 23.1 Å². The number of H-pyrrole nitrogens is 1. The number of nitrogens with two attached hydrogens (primary N) is 1. The predicted molar refractivity (Wildman–Crippen MR) is 61.1 cm³/mol. The van der Waals surface area contributed by atoms with Gasteiger partial charge >= 0.3 is 0 Å². The van der Waals surface area contributed by atoms with E-state index >= 15 is 0 Å². The molecule has 0 unspecified atom stereocenters. The van der Waals surface area contributed by atoms with Crippen molar-refractivity contribution in [3.8, 4) is 6.07 Å². The van der Waals surface area contributed by atoms with E-state index in [9.17, 15) is 4.79 Å². The van der Waals surface area contributed by atoms with Gasteiger partial charge in [-0.15, -0.1) is 23.1 Å². The molecule has 2 heterocycles. The zero-order valence-corrected chi connectivity index (χ0v) is 9.33. The van der Waals surface area contributed by atoms with Crippen molar-refractivity contribution in [1.29, 1.82) is 5.26 Å². The molecule has 0 aliphatic rings. The first-order chi connectivity index (χ1) is 7.17. The average molecular weight is 238 g/mol. The Balaban J connectivity index is 2.97. The number of aromatic nitrogens is 2. The Morgan fingerprint density at radius 2 is 2.40 bits per heavy atom. The largest absolute Gasteiger partial charge is 0.369 e. The van der Waals surface area contributed by atoms with Crippen molar-refractivity contribution in [1.82, 2.24) is 9.97 Å². The molecule has 2 aromatic heterocycles. The number of nitrogen functional groups attached to an aromatic ring is 1. The van der Waals surface area contributed by atoms with Crippen LogP contribution in [-0.4, -0.2) is 16.2 Å². The molecular formula is C8H6N4OS2. The van der Waals surface area contributed by atoms with Crippen LogP contribution in [0.2, 0.25) is 0 Å². The summed E-state index contributed by atoms with van der Waals surface area (Å²) >= 11 is 2.69. The Bertz CT molecular complexity index is 622. The molecule has 2 aromatic rings. The molecule has 0 fully saturated rings. The Morgan fingerprint density at radius 1 is 1.67 bits per heavy atom. The van der Waals surface area contributed by atoms with E-state index < -0.39 is 0 Å². The number of aromatic amines is 1. The van der Waals surface area contributed by atoms with Gasteiger partial charge in [0.25, 0.3) is 5.56 Å². The number of thioether (sulfide) groups is 1. The number of nitrogens with one attached hydrogen (secondary N) is 1. The molecule has 76 valence electrons. The van der Waals surface area contributed by atoms with Crippen molar-refractivity contribution in [2.24, 2.45) is 0 Å². The first-order valence-electron chi connectivity index (χ1n) is 3.93. The maximum absolute atomic E-state index is 11.5. The number of hydrogen-bond acceptors (Lipinski definition) is 6. The standard InChI is InChI=1S/C8H6N4OS2/c1-14-7-3(2-9)4-5(15-7)6(13)12-8(10)11-4/h1H3,(H3,10,11,12,13). The van der Waals surface area contributed by atoms with Crippen LogP contribution in [0.5, 0.6) is 0 Å². The van der Waals surface area contributed by atoms with E-state index in [-0.39, 0.29) is 11.5 Å². The Kier molecular flexibility index (Phi) is 2.38. The van der Waals surface area contributed by atoms with Gasteiger partial charge in [0.05, 0.1) is 4.21 Å². The second-order valence-electron chi connectivity index (χ2n) is 2.71. The van der Waals surface area contributed by atoms with E-state index in [1.807, 2.05) is 12.3 Å². The van der Waals surface area contributed by atoms with Crippen molar-refractivity contribution >= 4 is 39.3 Å². The van der Waals surface area contributed by atoms with Crippen molar-refractivity contribution in [3.63, 3.8) is 0 Å². The summed E-state index contributed by atoms with van der Waals surface area (Å²) in [4.78, 5) is 17.9. The van der Waals surface area contributed by atoms with Gasteiger partial charge < -0.3 is 5.73 Å². The summed E-state index contributed by atoms with van der Waals surface area (Å²) in [6, 6.07) is 2.04. The molecule has 0 amide bonds. The number of hydrogen-bond donors (Lipinski definition) is 2. The molecule has 7 heteroatoms. The molecule has 0 atom stereocenters. The topological polar surface area (TPSA) is 95.6 Å². The first kappa shape index (κ1) is 10.0. The molecule has 0 aromatic carbocycles. The van der Waals surface area contributed by atoms with Crippen LogP contribution in [0.4, 0.5) is 5.95 Å². The molecule has 3 N–H and O–H groups in total. The van der Waals surface area contributed by atoms with E-state index in [1.54, 1.807) is 0 Å². The molecule has 15 heavy (non-hydrogen) atoms. The molecule has 0 aliphatic heterocycles. The number of nitrogens with zero attached hydrogens (tertiary/aromatic N) is 2. The highest BCUT2D eigenvalue weighted by Gasteiger charge is 2.15. The average Bonchev–Trinajstić information content (AvgIpc) is 2.55. The second-order valence-corrected chi connectivity index (χ2v) is 4.80. The highest BCUT2D eigenvalue weighted by Crippen LogP contribution is 2.33. The van der Waals surface area contributed by atoms with Crippen LogP contribution in [0.1, 0.15) is 5.56 Å². The lowest BCUT2D eigenvalue weighted by Crippen LogP contribution is -2.09. The molecule has 0 saturated carbocycles. The normalized spacial score (nSPS) is 10.4. The number of anilines is 1. The summed E-state index contributed by atoms with van der Waals surface area (Å²) in [5, 5.41) is 8.97. The monoisotopic (exact) mass is 238 g/mol. The molecular weight excluding hydrogens is 232 g/mol. The summed E-state index contributed by atoms with van der Waals surface area (Å²) in [6.45, 7) is 0. The van der Waals surface area contributed by atoms with Crippen LogP contribution < -0.4 is 11.3 Å². The highest BCUT2D eigenvalue weighted by molar-refractivity contribution is 8.00. The van der Waals surface area contributed by atoms with Gasteiger partial charge in [0.2, 0.25) is 5.95 Å². The number of fused-ring (bicyclic) bond motifs is 1. The molecule has 2 rings (SSSR count). The zero-order chi connectivity index (χ0) is 11.0. The van der Waals surface area contributed by atoms with E-state index in [4.69, 9.17) is 11.0 Å². The van der Waals surface area contributed by atoms with Gasteiger partial charge in [-0.3, -0.25) is 9.78 Å². The minimum Gasteiger partial charge on any atom is -0.369 e. The van der Waals surface area contributed by atoms with Gasteiger partial charge in [0, 0.05) is 0 Å². The maximum atomic E-state index is 11.5. The highest BCUT2D eigenvalue weighted by atomic mass is 32.2. The quantitative estimate of drug-likeness (QED) is 0.727. The molecule has 0 bridgehead atoms. The van der Waals surface area contributed by atoms with Gasteiger partial charge in [-0.2, -0.15) is 5.26 Å². The Hall–Kier alpha value is -1.52. The van der Waals surface area contributed by atoms with Gasteiger partial charge in [-0.05, 0) is 6.26 Å². The second kappa shape index (κ2) is 3.56. The van der Waals surface area contributed by atoms with Gasteiger partial charge in [0.15, 0.2) is 0 Å². The van der Waals surface area contributed by atoms with Crippen molar-refractivity contribution < 1.29 is 0 Å². The summed E-state index contributed by atoms with van der Waals surface area (Å²) < 4.78 is 1.24. The van der Waals surface area contributed by atoms with Crippen LogP contribution in [0, 0.1) is 11.3 Å². The van der Waals surface area contributed by atoms with Crippen molar-refractivity contribution in [3.05, 3.63) is 15.9 Å². The minimum absolute atomic E-state index is 0.0365. The van der Waals surface area contributed by atoms with Crippen LogP contribution in [-0.2, 0) is 0 Å². The Morgan fingerprint density at radius 3 is 3.00 bits per heavy atom. The summed E-state index contributed by atoms with van der Waals surface area (Å²) in [5.74, 6) is 0.0365. The third-order valence-corrected chi connectivity index (χ3v) is 4.13. The smallest absolute Gasteiger partial charge is 0.270 e. The number of rotatable bonds is 1. The number of nitriles is 1. The molecule has 0 radical (unpaired) electrons. The summed E-state index contributed by atoms with van der Waals surface area (Å²) in [7, 11) is 0. The predicted octanol–water partition coefficient (Wildman–Crippen LogP) is 1.16.